The Labute approximate surface area is 163 Å². The fourth-order valence-electron chi connectivity index (χ4n) is 1.94. The quantitative estimate of drug-likeness (QED) is 0.280. The monoisotopic (exact) mass is 382 g/mol. The fraction of sp³-hybridized carbons (Fsp3) is 0. The molecule has 2 rings (SSSR count). The lowest BCUT2D eigenvalue weighted by Crippen LogP contribution is -2.29. The number of amides is 2. The topological polar surface area (TPSA) is 139 Å². The molecule has 144 valence electrons. The molecule has 0 spiro atoms. The van der Waals surface area contributed by atoms with E-state index in [-0.39, 0.29) is 11.8 Å². The molecule has 0 aliphatic rings. The molecule has 0 aromatic heterocycles. The van der Waals surface area contributed by atoms with Crippen LogP contribution < -0.4 is 21.6 Å². The van der Waals surface area contributed by atoms with Crippen molar-refractivity contribution in [3.05, 3.63) is 73.8 Å². The third-order valence-corrected chi connectivity index (χ3v) is 3.28. The van der Waals surface area contributed by atoms with Crippen LogP contribution in [0.1, 0.15) is 0 Å². The molecular weight excluding hydrogens is 362 g/mol. The van der Waals surface area contributed by atoms with Gasteiger partial charge in [-0.15, -0.1) is 0 Å². The summed E-state index contributed by atoms with van der Waals surface area (Å²) in [6.45, 7) is 6.61. The van der Waals surface area contributed by atoms with Crippen molar-refractivity contribution in [1.82, 2.24) is 0 Å². The number of hydrogen-bond acceptors (Lipinski definition) is 6. The standard InChI is InChI=1S/2C9H10BNO3/c2*1-2-9(12)11-8-5-3-4-7(6-8)10(13)14/h2*2-6,13-14H,1H2,(H,11,12). The first-order valence-electron chi connectivity index (χ1n) is 8.05. The molecule has 6 N–H and O–H groups in total. The van der Waals surface area contributed by atoms with Gasteiger partial charge in [0.1, 0.15) is 0 Å². The van der Waals surface area contributed by atoms with E-state index < -0.39 is 14.2 Å². The summed E-state index contributed by atoms with van der Waals surface area (Å²) >= 11 is 0. The predicted octanol–water partition coefficient (Wildman–Crippen LogP) is -1.02. The van der Waals surface area contributed by atoms with Gasteiger partial charge < -0.3 is 30.7 Å². The third kappa shape index (κ3) is 8.02. The lowest BCUT2D eigenvalue weighted by Gasteiger charge is -2.04. The van der Waals surface area contributed by atoms with Gasteiger partial charge in [0.2, 0.25) is 11.8 Å². The number of rotatable bonds is 6. The van der Waals surface area contributed by atoms with Gasteiger partial charge in [0.05, 0.1) is 0 Å². The van der Waals surface area contributed by atoms with Gasteiger partial charge >= 0.3 is 14.2 Å². The van der Waals surface area contributed by atoms with Crippen LogP contribution in [0.25, 0.3) is 0 Å². The van der Waals surface area contributed by atoms with E-state index in [0.29, 0.717) is 22.3 Å². The Morgan fingerprint density at radius 2 is 1.11 bits per heavy atom. The number of carbonyl (C=O) groups excluding carboxylic acids is 2. The average molecular weight is 382 g/mol. The maximum absolute atomic E-state index is 10.9. The van der Waals surface area contributed by atoms with Crippen LogP contribution in [0.3, 0.4) is 0 Å². The second kappa shape index (κ2) is 11.5. The van der Waals surface area contributed by atoms with Gasteiger partial charge in [-0.2, -0.15) is 0 Å². The van der Waals surface area contributed by atoms with Gasteiger partial charge in [-0.1, -0.05) is 37.4 Å². The second-order valence-corrected chi connectivity index (χ2v) is 5.39. The Morgan fingerprint density at radius 1 is 0.750 bits per heavy atom. The molecule has 0 bridgehead atoms. The Bertz CT molecular complexity index is 773. The Morgan fingerprint density at radius 3 is 1.39 bits per heavy atom. The number of nitrogens with one attached hydrogen (secondary N) is 2. The van der Waals surface area contributed by atoms with Gasteiger partial charge in [-0.3, -0.25) is 9.59 Å². The van der Waals surface area contributed by atoms with Crippen LogP contribution in [0.4, 0.5) is 11.4 Å². The Balaban J connectivity index is 0.000000280. The van der Waals surface area contributed by atoms with Crippen LogP contribution >= 0.6 is 0 Å². The van der Waals surface area contributed by atoms with Gasteiger partial charge in [0, 0.05) is 11.4 Å². The second-order valence-electron chi connectivity index (χ2n) is 5.39. The van der Waals surface area contributed by atoms with E-state index in [4.69, 9.17) is 20.1 Å². The molecular formula is C18H20B2N2O6. The first-order valence-corrected chi connectivity index (χ1v) is 8.05. The number of benzene rings is 2. The van der Waals surface area contributed by atoms with E-state index in [0.717, 1.165) is 12.2 Å². The van der Waals surface area contributed by atoms with Gasteiger partial charge in [-0.05, 0) is 47.3 Å². The zero-order chi connectivity index (χ0) is 21.1. The van der Waals surface area contributed by atoms with E-state index in [2.05, 4.69) is 23.8 Å². The van der Waals surface area contributed by atoms with E-state index in [1.54, 1.807) is 36.4 Å². The minimum absolute atomic E-state index is 0.326. The summed E-state index contributed by atoms with van der Waals surface area (Å²) in [7, 11) is -3.06. The summed E-state index contributed by atoms with van der Waals surface area (Å²) in [5, 5.41) is 40.5. The summed E-state index contributed by atoms with van der Waals surface area (Å²) in [6.07, 6.45) is 2.28. The molecule has 0 atom stereocenters. The highest BCUT2D eigenvalue weighted by molar-refractivity contribution is 6.59. The number of anilines is 2. The molecule has 0 aliphatic heterocycles. The smallest absolute Gasteiger partial charge is 0.423 e. The number of hydrogen-bond donors (Lipinski definition) is 6. The van der Waals surface area contributed by atoms with Crippen molar-refractivity contribution >= 4 is 48.4 Å². The van der Waals surface area contributed by atoms with Crippen LogP contribution in [-0.2, 0) is 9.59 Å². The van der Waals surface area contributed by atoms with Crippen molar-refractivity contribution in [1.29, 1.82) is 0 Å². The van der Waals surface area contributed by atoms with Crippen LogP contribution in [0.2, 0.25) is 0 Å². The van der Waals surface area contributed by atoms with Crippen molar-refractivity contribution in [3.63, 3.8) is 0 Å². The molecule has 0 unspecified atom stereocenters. The summed E-state index contributed by atoms with van der Waals surface area (Å²) < 4.78 is 0. The molecule has 10 heteroatoms. The van der Waals surface area contributed by atoms with Crippen molar-refractivity contribution in [3.8, 4) is 0 Å². The SMILES string of the molecule is C=CC(=O)Nc1cccc(B(O)O)c1.C=CC(=O)Nc1cccc(B(O)O)c1. The summed E-state index contributed by atoms with van der Waals surface area (Å²) in [6, 6.07) is 12.6. The summed E-state index contributed by atoms with van der Waals surface area (Å²) in [5.41, 5.74) is 1.65. The molecule has 2 aromatic carbocycles. The van der Waals surface area contributed by atoms with Gasteiger partial charge in [0.15, 0.2) is 0 Å². The molecule has 0 fully saturated rings. The summed E-state index contributed by atoms with van der Waals surface area (Å²) in [4.78, 5) is 21.8. The van der Waals surface area contributed by atoms with Crippen molar-refractivity contribution in [2.24, 2.45) is 0 Å². The molecule has 0 heterocycles. The van der Waals surface area contributed by atoms with E-state index in [1.165, 1.54) is 12.1 Å². The maximum Gasteiger partial charge on any atom is 0.488 e. The van der Waals surface area contributed by atoms with Crippen molar-refractivity contribution in [2.45, 2.75) is 0 Å². The van der Waals surface area contributed by atoms with Crippen molar-refractivity contribution < 1.29 is 29.7 Å². The predicted molar refractivity (Wildman–Crippen MR) is 110 cm³/mol. The first kappa shape index (κ1) is 22.9. The zero-order valence-electron chi connectivity index (χ0n) is 14.9. The number of carbonyl (C=O) groups is 2. The first-order chi connectivity index (χ1) is 13.3. The molecule has 2 aromatic rings. The van der Waals surface area contributed by atoms with Crippen LogP contribution in [-0.4, -0.2) is 46.1 Å². The lowest BCUT2D eigenvalue weighted by molar-refractivity contribution is -0.112. The molecule has 0 saturated carbocycles. The Hall–Kier alpha value is -3.17. The largest absolute Gasteiger partial charge is 0.488 e. The highest BCUT2D eigenvalue weighted by atomic mass is 16.4. The average Bonchev–Trinajstić information content (AvgIpc) is 2.68. The zero-order valence-corrected chi connectivity index (χ0v) is 14.9. The van der Waals surface area contributed by atoms with Crippen molar-refractivity contribution in [2.75, 3.05) is 10.6 Å². The van der Waals surface area contributed by atoms with Crippen LogP contribution in [0.15, 0.2) is 73.8 Å². The highest BCUT2D eigenvalue weighted by Crippen LogP contribution is 2.04. The van der Waals surface area contributed by atoms with E-state index >= 15 is 0 Å². The Kier molecular flexibility index (Phi) is 9.41. The normalized spacial score (nSPS) is 9.29. The van der Waals surface area contributed by atoms with Crippen LogP contribution in [0.5, 0.6) is 0 Å². The summed E-state index contributed by atoms with van der Waals surface area (Å²) in [5.74, 6) is -0.677. The van der Waals surface area contributed by atoms with Gasteiger partial charge in [-0.25, -0.2) is 0 Å². The minimum atomic E-state index is -1.53. The molecule has 28 heavy (non-hydrogen) atoms. The molecule has 2 amide bonds. The minimum Gasteiger partial charge on any atom is -0.423 e. The molecule has 0 saturated heterocycles. The lowest BCUT2D eigenvalue weighted by atomic mass is 9.80. The molecule has 0 aliphatic carbocycles. The maximum atomic E-state index is 10.9. The van der Waals surface area contributed by atoms with Crippen LogP contribution in [0, 0.1) is 0 Å². The van der Waals surface area contributed by atoms with Gasteiger partial charge in [0.25, 0.3) is 0 Å². The highest BCUT2D eigenvalue weighted by Gasteiger charge is 2.11. The molecule has 8 nitrogen and oxygen atoms in total. The fourth-order valence-corrected chi connectivity index (χ4v) is 1.94. The molecule has 0 radical (unpaired) electrons. The third-order valence-electron chi connectivity index (χ3n) is 3.28. The van der Waals surface area contributed by atoms with E-state index in [1.807, 2.05) is 0 Å². The van der Waals surface area contributed by atoms with E-state index in [9.17, 15) is 9.59 Å².